The van der Waals surface area contributed by atoms with Gasteiger partial charge >= 0.3 is 0 Å². The highest BCUT2D eigenvalue weighted by atomic mass is 19.1. The number of amides is 1. The van der Waals surface area contributed by atoms with Crippen molar-refractivity contribution in [2.75, 3.05) is 11.9 Å². The average Bonchev–Trinajstić information content (AvgIpc) is 2.75. The molecule has 0 aromatic heterocycles. The molecule has 0 fully saturated rings. The first kappa shape index (κ1) is 12.8. The van der Waals surface area contributed by atoms with Crippen LogP contribution in [-0.2, 0) is 11.2 Å². The number of rotatable bonds is 4. The molecule has 1 aliphatic heterocycles. The molecule has 0 aliphatic carbocycles. The van der Waals surface area contributed by atoms with Crippen LogP contribution in [0.15, 0.2) is 48.5 Å². The minimum atomic E-state index is -0.394. The third-order valence-electron chi connectivity index (χ3n) is 3.45. The quantitative estimate of drug-likeness (QED) is 0.896. The zero-order valence-electron chi connectivity index (χ0n) is 10.9. The Morgan fingerprint density at radius 2 is 1.95 bits per heavy atom. The summed E-state index contributed by atoms with van der Waals surface area (Å²) < 4.78 is 13.1. The monoisotopic (exact) mass is 270 g/mol. The molecule has 1 unspecified atom stereocenters. The molecular weight excluding hydrogens is 255 g/mol. The van der Waals surface area contributed by atoms with Crippen LogP contribution in [0.5, 0.6) is 0 Å². The van der Waals surface area contributed by atoms with E-state index in [1.165, 1.54) is 17.7 Å². The minimum absolute atomic E-state index is 0.126. The van der Waals surface area contributed by atoms with Crippen molar-refractivity contribution in [1.29, 1.82) is 0 Å². The number of carbonyl (C=O) groups is 1. The maximum atomic E-state index is 13.1. The van der Waals surface area contributed by atoms with Gasteiger partial charge in [0.25, 0.3) is 0 Å². The molecule has 0 spiro atoms. The van der Waals surface area contributed by atoms with Gasteiger partial charge in [-0.25, -0.2) is 4.39 Å². The maximum Gasteiger partial charge on any atom is 0.246 e. The molecule has 1 aliphatic rings. The van der Waals surface area contributed by atoms with Crippen molar-refractivity contribution >= 4 is 11.6 Å². The minimum Gasteiger partial charge on any atom is -0.324 e. The molecule has 0 saturated heterocycles. The van der Waals surface area contributed by atoms with Crippen LogP contribution in [0.3, 0.4) is 0 Å². The van der Waals surface area contributed by atoms with Gasteiger partial charge in [-0.15, -0.1) is 0 Å². The van der Waals surface area contributed by atoms with Crippen LogP contribution >= 0.6 is 0 Å². The zero-order valence-corrected chi connectivity index (χ0v) is 10.9. The van der Waals surface area contributed by atoms with E-state index < -0.39 is 6.04 Å². The van der Waals surface area contributed by atoms with E-state index >= 15 is 0 Å². The van der Waals surface area contributed by atoms with Gasteiger partial charge in [-0.3, -0.25) is 4.79 Å². The second kappa shape index (κ2) is 5.43. The second-order valence-corrected chi connectivity index (χ2v) is 4.84. The van der Waals surface area contributed by atoms with Crippen molar-refractivity contribution in [2.24, 2.45) is 0 Å². The number of anilines is 1. The highest BCUT2D eigenvalue weighted by molar-refractivity contribution is 6.02. The summed E-state index contributed by atoms with van der Waals surface area (Å²) in [6.07, 6.45) is 0.848. The molecule has 2 aromatic carbocycles. The molecule has 4 heteroatoms. The Balaban J connectivity index is 1.65. The Labute approximate surface area is 116 Å². The molecule has 102 valence electrons. The van der Waals surface area contributed by atoms with Crippen LogP contribution in [0.1, 0.15) is 17.2 Å². The fraction of sp³-hybridized carbons (Fsp3) is 0.188. The van der Waals surface area contributed by atoms with Crippen molar-refractivity contribution in [3.63, 3.8) is 0 Å². The number of hydrogen-bond donors (Lipinski definition) is 2. The van der Waals surface area contributed by atoms with Crippen LogP contribution in [0.2, 0.25) is 0 Å². The van der Waals surface area contributed by atoms with Crippen molar-refractivity contribution in [1.82, 2.24) is 5.32 Å². The summed E-state index contributed by atoms with van der Waals surface area (Å²) >= 11 is 0. The molecule has 1 amide bonds. The third-order valence-corrected chi connectivity index (χ3v) is 3.45. The van der Waals surface area contributed by atoms with E-state index in [1.54, 1.807) is 6.07 Å². The molecule has 0 radical (unpaired) electrons. The zero-order chi connectivity index (χ0) is 13.9. The molecule has 2 aromatic rings. The van der Waals surface area contributed by atoms with Gasteiger partial charge in [-0.2, -0.15) is 0 Å². The third kappa shape index (κ3) is 2.56. The summed E-state index contributed by atoms with van der Waals surface area (Å²) in [5.74, 6) is -0.465. The van der Waals surface area contributed by atoms with Gasteiger partial charge in [0.2, 0.25) is 5.91 Å². The Hall–Kier alpha value is -2.20. The summed E-state index contributed by atoms with van der Waals surface area (Å²) in [5.41, 5.74) is 2.59. The molecular formula is C16H15FN2O. The largest absolute Gasteiger partial charge is 0.324 e. The standard InChI is InChI=1S/C16H15FN2O/c17-12-6-7-13-14(10-12)19-16(20)15(13)18-9-8-11-4-2-1-3-5-11/h1-7,10,15,18H,8-9H2,(H,19,20). The smallest absolute Gasteiger partial charge is 0.246 e. The highest BCUT2D eigenvalue weighted by Gasteiger charge is 2.29. The van der Waals surface area contributed by atoms with E-state index in [9.17, 15) is 9.18 Å². The van der Waals surface area contributed by atoms with Gasteiger partial charge < -0.3 is 10.6 Å². The summed E-state index contributed by atoms with van der Waals surface area (Å²) in [5, 5.41) is 5.92. The molecule has 2 N–H and O–H groups in total. The van der Waals surface area contributed by atoms with E-state index in [-0.39, 0.29) is 11.7 Å². The summed E-state index contributed by atoms with van der Waals surface area (Å²) in [6.45, 7) is 0.693. The first-order valence-electron chi connectivity index (χ1n) is 6.61. The predicted octanol–water partition coefficient (Wildman–Crippen LogP) is 2.65. The molecule has 0 bridgehead atoms. The molecule has 1 heterocycles. The van der Waals surface area contributed by atoms with Crippen molar-refractivity contribution in [2.45, 2.75) is 12.5 Å². The summed E-state index contributed by atoms with van der Waals surface area (Å²) in [6, 6.07) is 14.1. The van der Waals surface area contributed by atoms with Crippen molar-refractivity contribution < 1.29 is 9.18 Å². The lowest BCUT2D eigenvalue weighted by Gasteiger charge is -2.11. The maximum absolute atomic E-state index is 13.1. The van der Waals surface area contributed by atoms with Gasteiger partial charge in [0.1, 0.15) is 11.9 Å². The second-order valence-electron chi connectivity index (χ2n) is 4.84. The number of halogens is 1. The van der Waals surface area contributed by atoms with E-state index in [0.717, 1.165) is 12.0 Å². The number of benzene rings is 2. The summed E-state index contributed by atoms with van der Waals surface area (Å²) in [7, 11) is 0. The number of nitrogens with one attached hydrogen (secondary N) is 2. The number of hydrogen-bond acceptors (Lipinski definition) is 2. The predicted molar refractivity (Wildman–Crippen MR) is 75.9 cm³/mol. The topological polar surface area (TPSA) is 41.1 Å². The van der Waals surface area contributed by atoms with Crippen LogP contribution in [0.25, 0.3) is 0 Å². The fourth-order valence-corrected chi connectivity index (χ4v) is 2.44. The van der Waals surface area contributed by atoms with Gasteiger partial charge in [0.15, 0.2) is 0 Å². The molecule has 20 heavy (non-hydrogen) atoms. The van der Waals surface area contributed by atoms with E-state index in [2.05, 4.69) is 22.8 Å². The lowest BCUT2D eigenvalue weighted by atomic mass is 10.1. The van der Waals surface area contributed by atoms with Crippen LogP contribution < -0.4 is 10.6 Å². The Morgan fingerprint density at radius 3 is 2.75 bits per heavy atom. The van der Waals surface area contributed by atoms with Crippen LogP contribution in [-0.4, -0.2) is 12.5 Å². The van der Waals surface area contributed by atoms with Crippen molar-refractivity contribution in [3.8, 4) is 0 Å². The average molecular weight is 270 g/mol. The Kier molecular flexibility index (Phi) is 3.48. The molecule has 3 rings (SSSR count). The van der Waals surface area contributed by atoms with Gasteiger partial charge in [-0.1, -0.05) is 36.4 Å². The lowest BCUT2D eigenvalue weighted by Crippen LogP contribution is -2.29. The first-order valence-corrected chi connectivity index (χ1v) is 6.61. The molecule has 0 saturated carbocycles. The van der Waals surface area contributed by atoms with Crippen LogP contribution in [0.4, 0.5) is 10.1 Å². The van der Waals surface area contributed by atoms with E-state index in [4.69, 9.17) is 0 Å². The Bertz CT molecular complexity index is 628. The highest BCUT2D eigenvalue weighted by Crippen LogP contribution is 2.31. The van der Waals surface area contributed by atoms with Gasteiger partial charge in [0, 0.05) is 17.8 Å². The molecule has 3 nitrogen and oxygen atoms in total. The van der Waals surface area contributed by atoms with Crippen LogP contribution in [0, 0.1) is 5.82 Å². The number of fused-ring (bicyclic) bond motifs is 1. The fourth-order valence-electron chi connectivity index (χ4n) is 2.44. The van der Waals surface area contributed by atoms with Gasteiger partial charge in [-0.05, 0) is 24.1 Å². The Morgan fingerprint density at radius 1 is 1.15 bits per heavy atom. The number of carbonyl (C=O) groups excluding carboxylic acids is 1. The lowest BCUT2D eigenvalue weighted by molar-refractivity contribution is -0.117. The van der Waals surface area contributed by atoms with E-state index in [0.29, 0.717) is 12.2 Å². The first-order chi connectivity index (χ1) is 9.74. The SMILES string of the molecule is O=C1Nc2cc(F)ccc2C1NCCc1ccccc1. The van der Waals surface area contributed by atoms with E-state index in [1.807, 2.05) is 18.2 Å². The van der Waals surface area contributed by atoms with Crippen molar-refractivity contribution in [3.05, 3.63) is 65.5 Å². The normalized spacial score (nSPS) is 16.9. The van der Waals surface area contributed by atoms with Gasteiger partial charge in [0.05, 0.1) is 0 Å². The summed E-state index contributed by atoms with van der Waals surface area (Å²) in [4.78, 5) is 11.9. The molecule has 1 atom stereocenters.